The van der Waals surface area contributed by atoms with E-state index in [4.69, 9.17) is 14.9 Å². The second-order valence-corrected chi connectivity index (χ2v) is 4.13. The fourth-order valence-corrected chi connectivity index (χ4v) is 1.35. The van der Waals surface area contributed by atoms with Crippen LogP contribution in [0, 0.1) is 0 Å². The van der Waals surface area contributed by atoms with Crippen LogP contribution in [0.1, 0.15) is 13.3 Å². The smallest absolute Gasteiger partial charge is 0.333 e. The van der Waals surface area contributed by atoms with Gasteiger partial charge in [0.1, 0.15) is 6.10 Å². The molecule has 3 unspecified atom stereocenters. The number of aliphatic hydroxyl groups excluding tert-OH is 5. The molecule has 0 aliphatic rings. The van der Waals surface area contributed by atoms with Crippen molar-refractivity contribution in [2.24, 2.45) is 0 Å². The third-order valence-electron chi connectivity index (χ3n) is 2.48. The van der Waals surface area contributed by atoms with Crippen LogP contribution in [0.15, 0.2) is 12.2 Å². The van der Waals surface area contributed by atoms with Gasteiger partial charge in [-0.2, -0.15) is 0 Å². The Hall–Kier alpha value is -0.990. The fourth-order valence-electron chi connectivity index (χ4n) is 1.35. The summed E-state index contributed by atoms with van der Waals surface area (Å²) < 4.78 is 4.90. The Kier molecular flexibility index (Phi) is 7.04. The van der Waals surface area contributed by atoms with Crippen LogP contribution in [0.5, 0.6) is 0 Å². The molecule has 0 saturated heterocycles. The molecule has 7 nitrogen and oxygen atoms in total. The van der Waals surface area contributed by atoms with Gasteiger partial charge in [0.2, 0.25) is 0 Å². The van der Waals surface area contributed by atoms with Gasteiger partial charge in [0.25, 0.3) is 0 Å². The maximum Gasteiger partial charge on any atom is 0.333 e. The predicted octanol–water partition coefficient (Wildman–Crippen LogP) is -2.07. The molecule has 0 aromatic rings. The van der Waals surface area contributed by atoms with E-state index in [1.807, 2.05) is 0 Å². The van der Waals surface area contributed by atoms with E-state index >= 15 is 0 Å². The molecule has 0 aliphatic carbocycles. The average Bonchev–Trinajstić information content (AvgIpc) is 2.36. The predicted molar refractivity (Wildman–Crippen MR) is 61.5 cm³/mol. The van der Waals surface area contributed by atoms with E-state index in [0.717, 1.165) is 0 Å². The summed E-state index contributed by atoms with van der Waals surface area (Å²) in [5.41, 5.74) is -1.84. The van der Waals surface area contributed by atoms with Gasteiger partial charge in [0.15, 0.2) is 5.60 Å². The molecule has 5 N–H and O–H groups in total. The molecule has 0 fully saturated rings. The van der Waals surface area contributed by atoms with Crippen molar-refractivity contribution in [2.45, 2.75) is 31.2 Å². The zero-order chi connectivity index (χ0) is 14.3. The molecule has 0 bridgehead atoms. The van der Waals surface area contributed by atoms with E-state index in [1.54, 1.807) is 0 Å². The Labute approximate surface area is 105 Å². The lowest BCUT2D eigenvalue weighted by molar-refractivity contribution is -0.189. The van der Waals surface area contributed by atoms with Crippen molar-refractivity contribution in [3.05, 3.63) is 12.2 Å². The van der Waals surface area contributed by atoms with E-state index in [0.29, 0.717) is 0 Å². The van der Waals surface area contributed by atoms with Gasteiger partial charge in [0, 0.05) is 12.0 Å². The SMILES string of the molecule is C=C(C)C(=O)OC(CO)(CC(O)CO)C(O)CO. The molecule has 0 saturated carbocycles. The average molecular weight is 264 g/mol. The molecule has 18 heavy (non-hydrogen) atoms. The largest absolute Gasteiger partial charge is 0.450 e. The number of hydrogen-bond donors (Lipinski definition) is 5. The van der Waals surface area contributed by atoms with Crippen LogP contribution in [-0.2, 0) is 9.53 Å². The van der Waals surface area contributed by atoms with Gasteiger partial charge in [-0.1, -0.05) is 6.58 Å². The molecule has 0 amide bonds. The first-order valence-electron chi connectivity index (χ1n) is 5.40. The number of hydrogen-bond acceptors (Lipinski definition) is 7. The number of rotatable bonds is 8. The number of aliphatic hydroxyl groups is 5. The van der Waals surface area contributed by atoms with Gasteiger partial charge in [-0.05, 0) is 6.92 Å². The van der Waals surface area contributed by atoms with Crippen molar-refractivity contribution in [3.63, 3.8) is 0 Å². The van der Waals surface area contributed by atoms with Gasteiger partial charge < -0.3 is 30.3 Å². The van der Waals surface area contributed by atoms with Gasteiger partial charge in [-0.15, -0.1) is 0 Å². The molecule has 3 atom stereocenters. The third-order valence-corrected chi connectivity index (χ3v) is 2.48. The Morgan fingerprint density at radius 1 is 1.28 bits per heavy atom. The molecule has 7 heteroatoms. The highest BCUT2D eigenvalue weighted by Gasteiger charge is 2.43. The zero-order valence-electron chi connectivity index (χ0n) is 10.2. The summed E-state index contributed by atoms with van der Waals surface area (Å²) in [6.07, 6.45) is -3.32. The summed E-state index contributed by atoms with van der Waals surface area (Å²) >= 11 is 0. The Morgan fingerprint density at radius 3 is 2.17 bits per heavy atom. The molecule has 0 heterocycles. The van der Waals surface area contributed by atoms with Crippen LogP contribution in [0.3, 0.4) is 0 Å². The van der Waals surface area contributed by atoms with Crippen molar-refractivity contribution in [1.82, 2.24) is 0 Å². The van der Waals surface area contributed by atoms with E-state index in [2.05, 4.69) is 6.58 Å². The first-order valence-corrected chi connectivity index (χ1v) is 5.40. The summed E-state index contributed by atoms with van der Waals surface area (Å²) in [6, 6.07) is 0. The summed E-state index contributed by atoms with van der Waals surface area (Å²) in [4.78, 5) is 11.4. The molecule has 0 spiro atoms. The molecule has 0 rings (SSSR count). The number of esters is 1. The highest BCUT2D eigenvalue weighted by Crippen LogP contribution is 2.24. The molecular weight excluding hydrogens is 244 g/mol. The first-order chi connectivity index (χ1) is 8.32. The van der Waals surface area contributed by atoms with E-state index in [-0.39, 0.29) is 5.57 Å². The maximum atomic E-state index is 11.4. The van der Waals surface area contributed by atoms with Crippen LogP contribution < -0.4 is 0 Å². The molecule has 0 aromatic heterocycles. The Bertz CT molecular complexity index is 291. The van der Waals surface area contributed by atoms with E-state index in [1.165, 1.54) is 6.92 Å². The molecular formula is C11H20O7. The van der Waals surface area contributed by atoms with E-state index in [9.17, 15) is 20.1 Å². The summed E-state index contributed by atoms with van der Waals surface area (Å²) in [7, 11) is 0. The quantitative estimate of drug-likeness (QED) is 0.252. The third kappa shape index (κ3) is 4.35. The van der Waals surface area contributed by atoms with Gasteiger partial charge in [-0.25, -0.2) is 4.79 Å². The summed E-state index contributed by atoms with van der Waals surface area (Å²) in [5, 5.41) is 45.9. The minimum atomic E-state index is -1.88. The molecule has 0 aromatic carbocycles. The number of ether oxygens (including phenoxy) is 1. The standard InChI is InChI=1S/C11H20O7/c1-7(2)10(17)18-11(6-14,9(16)5-13)3-8(15)4-12/h8-9,12-16H,1,3-6H2,2H3. The lowest BCUT2D eigenvalue weighted by atomic mass is 9.90. The highest BCUT2D eigenvalue weighted by molar-refractivity contribution is 5.87. The van der Waals surface area contributed by atoms with Crippen LogP contribution in [0.4, 0.5) is 0 Å². The zero-order valence-corrected chi connectivity index (χ0v) is 10.2. The van der Waals surface area contributed by atoms with Gasteiger partial charge in [-0.3, -0.25) is 0 Å². The number of carbonyl (C=O) groups is 1. The van der Waals surface area contributed by atoms with Crippen molar-refractivity contribution in [1.29, 1.82) is 0 Å². The molecule has 0 radical (unpaired) electrons. The van der Waals surface area contributed by atoms with Crippen LogP contribution in [0.25, 0.3) is 0 Å². The lowest BCUT2D eigenvalue weighted by Gasteiger charge is -2.36. The Morgan fingerprint density at radius 2 is 1.83 bits per heavy atom. The van der Waals surface area contributed by atoms with E-state index < -0.39 is 50.0 Å². The van der Waals surface area contributed by atoms with Gasteiger partial charge in [0.05, 0.1) is 25.9 Å². The maximum absolute atomic E-state index is 11.4. The minimum absolute atomic E-state index is 0.0384. The number of carbonyl (C=O) groups excluding carboxylic acids is 1. The molecule has 0 aliphatic heterocycles. The Balaban J connectivity index is 5.09. The highest BCUT2D eigenvalue weighted by atomic mass is 16.6. The fraction of sp³-hybridized carbons (Fsp3) is 0.727. The van der Waals surface area contributed by atoms with Crippen LogP contribution in [0.2, 0.25) is 0 Å². The monoisotopic (exact) mass is 264 g/mol. The lowest BCUT2D eigenvalue weighted by Crippen LogP contribution is -2.53. The second kappa shape index (κ2) is 7.45. The van der Waals surface area contributed by atoms with Crippen molar-refractivity contribution in [2.75, 3.05) is 19.8 Å². The minimum Gasteiger partial charge on any atom is -0.450 e. The van der Waals surface area contributed by atoms with Gasteiger partial charge >= 0.3 is 5.97 Å². The van der Waals surface area contributed by atoms with Crippen molar-refractivity contribution < 1.29 is 35.1 Å². The summed E-state index contributed by atoms with van der Waals surface area (Å²) in [5.74, 6) is -0.873. The summed E-state index contributed by atoms with van der Waals surface area (Å²) in [6.45, 7) is 2.49. The normalized spacial score (nSPS) is 17.7. The first kappa shape index (κ1) is 17.0. The molecule has 106 valence electrons. The topological polar surface area (TPSA) is 127 Å². The van der Waals surface area contributed by atoms with Crippen LogP contribution >= 0.6 is 0 Å². The van der Waals surface area contributed by atoms with Crippen molar-refractivity contribution >= 4 is 5.97 Å². The van der Waals surface area contributed by atoms with Crippen molar-refractivity contribution in [3.8, 4) is 0 Å². The second-order valence-electron chi connectivity index (χ2n) is 4.13. The van der Waals surface area contributed by atoms with Crippen LogP contribution in [-0.4, -0.2) is 69.1 Å².